The SMILES string of the molecule is COc1ccc(OCc2noc(CN3CCN(Cc4ccc(C(F)(F)F)cc4)CC3)n2)cc1. The maximum absolute atomic E-state index is 12.7. The van der Waals surface area contributed by atoms with Crippen molar-refractivity contribution in [1.29, 1.82) is 0 Å². The summed E-state index contributed by atoms with van der Waals surface area (Å²) in [6.07, 6.45) is -4.30. The maximum Gasteiger partial charge on any atom is 0.416 e. The molecule has 0 bridgehead atoms. The van der Waals surface area contributed by atoms with Gasteiger partial charge in [-0.15, -0.1) is 0 Å². The minimum absolute atomic E-state index is 0.205. The topological polar surface area (TPSA) is 63.9 Å². The van der Waals surface area contributed by atoms with Crippen LogP contribution in [0.15, 0.2) is 53.1 Å². The Kier molecular flexibility index (Phi) is 7.14. The highest BCUT2D eigenvalue weighted by atomic mass is 19.4. The van der Waals surface area contributed by atoms with E-state index in [2.05, 4.69) is 19.9 Å². The van der Waals surface area contributed by atoms with E-state index < -0.39 is 11.7 Å². The van der Waals surface area contributed by atoms with Crippen molar-refractivity contribution in [3.63, 3.8) is 0 Å². The molecule has 1 aromatic heterocycles. The van der Waals surface area contributed by atoms with E-state index in [1.807, 2.05) is 24.3 Å². The van der Waals surface area contributed by atoms with Crippen molar-refractivity contribution in [2.45, 2.75) is 25.9 Å². The first kappa shape index (κ1) is 23.1. The van der Waals surface area contributed by atoms with Gasteiger partial charge in [0, 0.05) is 32.7 Å². The van der Waals surface area contributed by atoms with Crippen LogP contribution in [0.2, 0.25) is 0 Å². The standard InChI is InChI=1S/C23H25F3N4O3/c1-31-19-6-8-20(9-7-19)32-16-21-27-22(33-28-21)15-30-12-10-29(11-13-30)14-17-2-4-18(5-3-17)23(24,25)26/h2-9H,10-16H2,1H3. The van der Waals surface area contributed by atoms with E-state index >= 15 is 0 Å². The van der Waals surface area contributed by atoms with Crippen LogP contribution in [0, 0.1) is 0 Å². The molecule has 4 rings (SSSR count). The predicted octanol–water partition coefficient (Wildman–Crippen LogP) is 3.99. The number of alkyl halides is 3. The Labute approximate surface area is 189 Å². The molecule has 0 spiro atoms. The molecule has 33 heavy (non-hydrogen) atoms. The van der Waals surface area contributed by atoms with Gasteiger partial charge in [0.05, 0.1) is 19.2 Å². The average molecular weight is 462 g/mol. The molecule has 0 aliphatic carbocycles. The molecular formula is C23H25F3N4O3. The van der Waals surface area contributed by atoms with E-state index in [0.29, 0.717) is 30.6 Å². The highest BCUT2D eigenvalue weighted by Crippen LogP contribution is 2.29. The summed E-state index contributed by atoms with van der Waals surface area (Å²) in [6.45, 7) is 4.60. The second-order valence-electron chi connectivity index (χ2n) is 7.82. The summed E-state index contributed by atoms with van der Waals surface area (Å²) in [4.78, 5) is 8.83. The Morgan fingerprint density at radius 3 is 2.09 bits per heavy atom. The molecule has 7 nitrogen and oxygen atoms in total. The van der Waals surface area contributed by atoms with E-state index in [4.69, 9.17) is 14.0 Å². The molecule has 1 aliphatic heterocycles. The fourth-order valence-corrected chi connectivity index (χ4v) is 3.59. The highest BCUT2D eigenvalue weighted by Gasteiger charge is 2.30. The predicted molar refractivity (Wildman–Crippen MR) is 114 cm³/mol. The molecular weight excluding hydrogens is 437 g/mol. The van der Waals surface area contributed by atoms with Crippen molar-refractivity contribution in [3.8, 4) is 11.5 Å². The fourth-order valence-electron chi connectivity index (χ4n) is 3.59. The number of nitrogens with zero attached hydrogens (tertiary/aromatic N) is 4. The summed E-state index contributed by atoms with van der Waals surface area (Å²) in [5.74, 6) is 2.44. The molecule has 3 aromatic rings. The Hall–Kier alpha value is -3.11. The van der Waals surface area contributed by atoms with Crippen LogP contribution >= 0.6 is 0 Å². The number of hydrogen-bond donors (Lipinski definition) is 0. The van der Waals surface area contributed by atoms with Gasteiger partial charge in [0.2, 0.25) is 11.7 Å². The second-order valence-corrected chi connectivity index (χ2v) is 7.82. The van der Waals surface area contributed by atoms with Crippen LogP contribution in [0.4, 0.5) is 13.2 Å². The Morgan fingerprint density at radius 2 is 1.48 bits per heavy atom. The molecule has 10 heteroatoms. The number of rotatable bonds is 8. The van der Waals surface area contributed by atoms with Gasteiger partial charge in [-0.2, -0.15) is 18.2 Å². The monoisotopic (exact) mass is 462 g/mol. The van der Waals surface area contributed by atoms with E-state index in [0.717, 1.165) is 49.6 Å². The van der Waals surface area contributed by atoms with E-state index in [-0.39, 0.29) is 6.61 Å². The first-order valence-corrected chi connectivity index (χ1v) is 10.6. The van der Waals surface area contributed by atoms with Crippen LogP contribution in [0.5, 0.6) is 11.5 Å². The molecule has 176 valence electrons. The zero-order valence-corrected chi connectivity index (χ0v) is 18.2. The summed E-state index contributed by atoms with van der Waals surface area (Å²) in [6, 6.07) is 12.6. The van der Waals surface area contributed by atoms with Gasteiger partial charge in [-0.1, -0.05) is 17.3 Å². The molecule has 0 saturated carbocycles. The summed E-state index contributed by atoms with van der Waals surface area (Å²) in [5, 5.41) is 3.97. The van der Waals surface area contributed by atoms with Crippen LogP contribution in [0.3, 0.4) is 0 Å². The molecule has 0 amide bonds. The maximum atomic E-state index is 12.7. The van der Waals surface area contributed by atoms with Crippen LogP contribution in [0.25, 0.3) is 0 Å². The minimum atomic E-state index is -4.30. The summed E-state index contributed by atoms with van der Waals surface area (Å²) < 4.78 is 54.2. The molecule has 2 heterocycles. The first-order valence-electron chi connectivity index (χ1n) is 10.6. The van der Waals surface area contributed by atoms with Crippen LogP contribution in [-0.2, 0) is 25.9 Å². The van der Waals surface area contributed by atoms with Crippen molar-refractivity contribution in [3.05, 3.63) is 71.4 Å². The third kappa shape index (κ3) is 6.45. The zero-order valence-electron chi connectivity index (χ0n) is 18.2. The third-order valence-corrected chi connectivity index (χ3v) is 5.45. The molecule has 2 aromatic carbocycles. The third-order valence-electron chi connectivity index (χ3n) is 5.45. The van der Waals surface area contributed by atoms with Gasteiger partial charge in [-0.25, -0.2) is 0 Å². The lowest BCUT2D eigenvalue weighted by atomic mass is 10.1. The molecule has 1 aliphatic rings. The van der Waals surface area contributed by atoms with Crippen molar-refractivity contribution in [1.82, 2.24) is 19.9 Å². The van der Waals surface area contributed by atoms with Crippen molar-refractivity contribution < 1.29 is 27.2 Å². The number of halogens is 3. The molecule has 1 fully saturated rings. The fraction of sp³-hybridized carbons (Fsp3) is 0.391. The van der Waals surface area contributed by atoms with Crippen LogP contribution < -0.4 is 9.47 Å². The molecule has 0 atom stereocenters. The Morgan fingerprint density at radius 1 is 0.879 bits per heavy atom. The second kappa shape index (κ2) is 10.2. The lowest BCUT2D eigenvalue weighted by molar-refractivity contribution is -0.137. The Bertz CT molecular complexity index is 1010. The van der Waals surface area contributed by atoms with Crippen LogP contribution in [-0.4, -0.2) is 53.2 Å². The van der Waals surface area contributed by atoms with Gasteiger partial charge in [0.15, 0.2) is 6.61 Å². The van der Waals surface area contributed by atoms with Gasteiger partial charge in [0.1, 0.15) is 11.5 Å². The van der Waals surface area contributed by atoms with Crippen molar-refractivity contribution in [2.24, 2.45) is 0 Å². The summed E-state index contributed by atoms with van der Waals surface area (Å²) >= 11 is 0. The quantitative estimate of drug-likeness (QED) is 0.502. The lowest BCUT2D eigenvalue weighted by Crippen LogP contribution is -2.45. The average Bonchev–Trinajstić information content (AvgIpc) is 3.26. The molecule has 0 radical (unpaired) electrons. The molecule has 1 saturated heterocycles. The zero-order chi connectivity index (χ0) is 23.3. The number of hydrogen-bond acceptors (Lipinski definition) is 7. The summed E-state index contributed by atoms with van der Waals surface area (Å²) in [7, 11) is 1.61. The number of methoxy groups -OCH3 is 1. The van der Waals surface area contributed by atoms with Gasteiger partial charge in [-0.3, -0.25) is 9.80 Å². The largest absolute Gasteiger partial charge is 0.497 e. The van der Waals surface area contributed by atoms with E-state index in [1.54, 1.807) is 19.2 Å². The molecule has 0 N–H and O–H groups in total. The van der Waals surface area contributed by atoms with Gasteiger partial charge < -0.3 is 14.0 Å². The lowest BCUT2D eigenvalue weighted by Gasteiger charge is -2.33. The van der Waals surface area contributed by atoms with E-state index in [9.17, 15) is 13.2 Å². The smallest absolute Gasteiger partial charge is 0.416 e. The Balaban J connectivity index is 1.20. The number of ether oxygens (including phenoxy) is 2. The van der Waals surface area contributed by atoms with E-state index in [1.165, 1.54) is 0 Å². The number of piperazine rings is 1. The summed E-state index contributed by atoms with van der Waals surface area (Å²) in [5.41, 5.74) is 0.249. The van der Waals surface area contributed by atoms with Crippen LogP contribution in [0.1, 0.15) is 22.8 Å². The number of benzene rings is 2. The minimum Gasteiger partial charge on any atom is -0.497 e. The number of aromatic nitrogens is 2. The van der Waals surface area contributed by atoms with Crippen molar-refractivity contribution >= 4 is 0 Å². The first-order chi connectivity index (χ1) is 15.9. The van der Waals surface area contributed by atoms with Crippen molar-refractivity contribution in [2.75, 3.05) is 33.3 Å². The normalized spacial score (nSPS) is 15.5. The van der Waals surface area contributed by atoms with Gasteiger partial charge in [0.25, 0.3) is 0 Å². The molecule has 0 unspecified atom stereocenters. The van der Waals surface area contributed by atoms with Gasteiger partial charge in [-0.05, 0) is 42.0 Å². The highest BCUT2D eigenvalue weighted by molar-refractivity contribution is 5.31. The van der Waals surface area contributed by atoms with Gasteiger partial charge >= 0.3 is 6.18 Å².